The van der Waals surface area contributed by atoms with Crippen LogP contribution >= 0.6 is 11.3 Å². The SMILES string of the molecule is COCC1CCN(Cc2ccc(C(=O)Nc3nc4c(OC)ccc(N5CCOCC5)c4s3)cn2)C1. The van der Waals surface area contributed by atoms with E-state index in [9.17, 15) is 4.79 Å². The highest BCUT2D eigenvalue weighted by Gasteiger charge is 2.23. The normalized spacial score (nSPS) is 18.8. The lowest BCUT2D eigenvalue weighted by Gasteiger charge is -2.29. The number of hydrogen-bond acceptors (Lipinski definition) is 9. The zero-order valence-electron chi connectivity index (χ0n) is 20.2. The third kappa shape index (κ3) is 5.40. The average Bonchev–Trinajstić information content (AvgIpc) is 3.51. The van der Waals surface area contributed by atoms with Gasteiger partial charge in [-0.3, -0.25) is 20.0 Å². The highest BCUT2D eigenvalue weighted by atomic mass is 32.1. The zero-order valence-corrected chi connectivity index (χ0v) is 21.0. The molecule has 1 amide bonds. The van der Waals surface area contributed by atoms with Gasteiger partial charge in [0.2, 0.25) is 0 Å². The van der Waals surface area contributed by atoms with E-state index in [0.717, 1.165) is 67.3 Å². The number of pyridine rings is 1. The number of aromatic nitrogens is 2. The van der Waals surface area contributed by atoms with Crippen LogP contribution in [0.1, 0.15) is 22.5 Å². The fourth-order valence-electron chi connectivity index (χ4n) is 4.72. The number of fused-ring (bicyclic) bond motifs is 1. The molecule has 0 spiro atoms. The average molecular weight is 498 g/mol. The van der Waals surface area contributed by atoms with Gasteiger partial charge in [0.25, 0.3) is 5.91 Å². The molecular formula is C25H31N5O4S. The van der Waals surface area contributed by atoms with Crippen LogP contribution in [0.3, 0.4) is 0 Å². The van der Waals surface area contributed by atoms with E-state index in [2.05, 4.69) is 31.2 Å². The number of carbonyl (C=O) groups is 1. The van der Waals surface area contributed by atoms with Crippen LogP contribution in [0.25, 0.3) is 10.2 Å². The standard InChI is InChI=1S/C25H31N5O4S/c1-32-16-17-7-8-29(14-17)15-19-4-3-18(13-26-19)24(31)28-25-27-22-21(33-2)6-5-20(23(22)35-25)30-9-11-34-12-10-30/h3-6,13,17H,7-12,14-16H2,1-2H3,(H,27,28,31). The number of thiazole rings is 1. The largest absolute Gasteiger partial charge is 0.494 e. The summed E-state index contributed by atoms with van der Waals surface area (Å²) in [6, 6.07) is 7.74. The van der Waals surface area contributed by atoms with Crippen molar-refractivity contribution in [1.29, 1.82) is 0 Å². The van der Waals surface area contributed by atoms with Crippen molar-refractivity contribution >= 4 is 38.3 Å². The molecule has 0 bridgehead atoms. The minimum absolute atomic E-state index is 0.226. The predicted molar refractivity (Wildman–Crippen MR) is 137 cm³/mol. The molecule has 0 radical (unpaired) electrons. The Morgan fingerprint density at radius 3 is 2.80 bits per heavy atom. The Bertz CT molecular complexity index is 1160. The lowest BCUT2D eigenvalue weighted by molar-refractivity contribution is 0.102. The Morgan fingerprint density at radius 2 is 2.06 bits per heavy atom. The summed E-state index contributed by atoms with van der Waals surface area (Å²) in [7, 11) is 3.38. The van der Waals surface area contributed by atoms with E-state index in [1.165, 1.54) is 11.3 Å². The van der Waals surface area contributed by atoms with Crippen molar-refractivity contribution in [3.63, 3.8) is 0 Å². The fourth-order valence-corrected chi connectivity index (χ4v) is 5.74. The zero-order chi connectivity index (χ0) is 24.2. The lowest BCUT2D eigenvalue weighted by Crippen LogP contribution is -2.36. The number of morpholine rings is 1. The Kier molecular flexibility index (Phi) is 7.43. The molecule has 1 unspecified atom stereocenters. The van der Waals surface area contributed by atoms with Crippen molar-refractivity contribution in [2.45, 2.75) is 13.0 Å². The number of carbonyl (C=O) groups excluding carboxylic acids is 1. The van der Waals surface area contributed by atoms with E-state index in [-0.39, 0.29) is 5.91 Å². The summed E-state index contributed by atoms with van der Waals surface area (Å²) in [5.41, 5.74) is 3.30. The molecule has 9 nitrogen and oxygen atoms in total. The van der Waals surface area contributed by atoms with Crippen LogP contribution in [0, 0.1) is 5.92 Å². The Balaban J connectivity index is 1.28. The van der Waals surface area contributed by atoms with Gasteiger partial charge >= 0.3 is 0 Å². The first-order valence-electron chi connectivity index (χ1n) is 11.9. The second kappa shape index (κ2) is 10.9. The van der Waals surface area contributed by atoms with Crippen molar-refractivity contribution in [3.05, 3.63) is 41.7 Å². The summed E-state index contributed by atoms with van der Waals surface area (Å²) >= 11 is 1.46. The first kappa shape index (κ1) is 23.9. The second-order valence-electron chi connectivity index (χ2n) is 8.92. The molecule has 5 rings (SSSR count). The Labute approximate surface area is 209 Å². The summed E-state index contributed by atoms with van der Waals surface area (Å²) in [5, 5.41) is 3.48. The van der Waals surface area contributed by atoms with Gasteiger partial charge in [-0.1, -0.05) is 11.3 Å². The van der Waals surface area contributed by atoms with Gasteiger partial charge in [0.1, 0.15) is 11.3 Å². The van der Waals surface area contributed by atoms with Crippen LogP contribution in [0.2, 0.25) is 0 Å². The quantitative estimate of drug-likeness (QED) is 0.507. The van der Waals surface area contributed by atoms with Crippen molar-refractivity contribution in [2.75, 3.05) is 70.4 Å². The molecule has 186 valence electrons. The maximum absolute atomic E-state index is 12.9. The van der Waals surface area contributed by atoms with E-state index in [4.69, 9.17) is 14.2 Å². The molecule has 0 aliphatic carbocycles. The second-order valence-corrected chi connectivity index (χ2v) is 9.92. The molecule has 3 aromatic rings. The summed E-state index contributed by atoms with van der Waals surface area (Å²) in [6.45, 7) is 6.69. The number of methoxy groups -OCH3 is 2. The number of rotatable bonds is 8. The van der Waals surface area contributed by atoms with Crippen LogP contribution in [0.15, 0.2) is 30.5 Å². The molecule has 2 saturated heterocycles. The van der Waals surface area contributed by atoms with Gasteiger partial charge in [-0.05, 0) is 43.1 Å². The highest BCUT2D eigenvalue weighted by Crippen LogP contribution is 2.39. The van der Waals surface area contributed by atoms with Crippen molar-refractivity contribution in [1.82, 2.24) is 14.9 Å². The Hall–Kier alpha value is -2.79. The van der Waals surface area contributed by atoms with Crippen molar-refractivity contribution < 1.29 is 19.0 Å². The number of hydrogen-bond donors (Lipinski definition) is 1. The maximum atomic E-state index is 12.9. The van der Waals surface area contributed by atoms with Crippen LogP contribution in [0.4, 0.5) is 10.8 Å². The van der Waals surface area contributed by atoms with Gasteiger partial charge in [-0.15, -0.1) is 0 Å². The number of likely N-dealkylation sites (tertiary alicyclic amines) is 1. The summed E-state index contributed by atoms with van der Waals surface area (Å²) in [6.07, 6.45) is 2.79. The fraction of sp³-hybridized carbons (Fsp3) is 0.480. The summed E-state index contributed by atoms with van der Waals surface area (Å²) in [4.78, 5) is 26.8. The minimum atomic E-state index is -0.226. The topological polar surface area (TPSA) is 89.0 Å². The van der Waals surface area contributed by atoms with E-state index >= 15 is 0 Å². The maximum Gasteiger partial charge on any atom is 0.259 e. The monoisotopic (exact) mass is 497 g/mol. The molecule has 10 heteroatoms. The molecule has 2 aromatic heterocycles. The van der Waals surface area contributed by atoms with Gasteiger partial charge in [-0.25, -0.2) is 4.98 Å². The molecule has 2 fully saturated rings. The molecule has 4 heterocycles. The molecule has 2 aliphatic rings. The number of anilines is 2. The molecule has 2 aliphatic heterocycles. The molecule has 1 N–H and O–H groups in total. The number of ether oxygens (including phenoxy) is 3. The third-order valence-electron chi connectivity index (χ3n) is 6.52. The van der Waals surface area contributed by atoms with E-state index in [1.807, 2.05) is 18.2 Å². The van der Waals surface area contributed by atoms with Gasteiger partial charge < -0.3 is 19.1 Å². The number of benzene rings is 1. The molecule has 0 saturated carbocycles. The first-order valence-corrected chi connectivity index (χ1v) is 12.7. The molecular weight excluding hydrogens is 466 g/mol. The van der Waals surface area contributed by atoms with Crippen LogP contribution < -0.4 is 15.0 Å². The highest BCUT2D eigenvalue weighted by molar-refractivity contribution is 7.23. The smallest absolute Gasteiger partial charge is 0.259 e. The van der Waals surface area contributed by atoms with E-state index in [1.54, 1.807) is 20.4 Å². The lowest BCUT2D eigenvalue weighted by atomic mass is 10.1. The van der Waals surface area contributed by atoms with E-state index in [0.29, 0.717) is 35.6 Å². The number of amides is 1. The predicted octanol–water partition coefficient (Wildman–Crippen LogP) is 3.26. The summed E-state index contributed by atoms with van der Waals surface area (Å²) < 4.78 is 17.3. The molecule has 35 heavy (non-hydrogen) atoms. The number of nitrogens with zero attached hydrogens (tertiary/aromatic N) is 4. The molecule has 1 atom stereocenters. The van der Waals surface area contributed by atoms with Crippen LogP contribution in [-0.4, -0.2) is 81.0 Å². The summed E-state index contributed by atoms with van der Waals surface area (Å²) in [5.74, 6) is 1.05. The van der Waals surface area contributed by atoms with Gasteiger partial charge in [-0.2, -0.15) is 0 Å². The number of nitrogens with one attached hydrogen (secondary N) is 1. The van der Waals surface area contributed by atoms with Gasteiger partial charge in [0.05, 0.1) is 48.6 Å². The first-order chi connectivity index (χ1) is 17.1. The Morgan fingerprint density at radius 1 is 1.20 bits per heavy atom. The van der Waals surface area contributed by atoms with Gasteiger partial charge in [0, 0.05) is 39.5 Å². The van der Waals surface area contributed by atoms with E-state index < -0.39 is 0 Å². The van der Waals surface area contributed by atoms with Crippen molar-refractivity contribution in [2.24, 2.45) is 5.92 Å². The van der Waals surface area contributed by atoms with Crippen LogP contribution in [-0.2, 0) is 16.0 Å². The molecule has 1 aromatic carbocycles. The third-order valence-corrected chi connectivity index (χ3v) is 7.52. The van der Waals surface area contributed by atoms with Crippen LogP contribution in [0.5, 0.6) is 5.75 Å². The van der Waals surface area contributed by atoms with Gasteiger partial charge in [0.15, 0.2) is 5.13 Å². The minimum Gasteiger partial charge on any atom is -0.494 e. The van der Waals surface area contributed by atoms with Crippen molar-refractivity contribution in [3.8, 4) is 5.75 Å².